The lowest BCUT2D eigenvalue weighted by Gasteiger charge is -2.10. The summed E-state index contributed by atoms with van der Waals surface area (Å²) in [4.78, 5) is 8.10. The van der Waals surface area contributed by atoms with Crippen molar-refractivity contribution >= 4 is 17.4 Å². The van der Waals surface area contributed by atoms with Crippen LogP contribution in [0.5, 0.6) is 5.75 Å². The molecule has 0 bridgehead atoms. The second-order valence-electron chi connectivity index (χ2n) is 3.57. The number of methoxy groups -OCH3 is 1. The number of nitrogens with two attached hydrogens (primary N) is 1. The van der Waals surface area contributed by atoms with E-state index in [1.807, 2.05) is 19.1 Å². The van der Waals surface area contributed by atoms with Crippen LogP contribution in [0.15, 0.2) is 24.5 Å². The number of ether oxygens (including phenoxy) is 1. The first-order valence-corrected chi connectivity index (χ1v) is 5.42. The Labute approximate surface area is 104 Å². The van der Waals surface area contributed by atoms with Gasteiger partial charge in [0.05, 0.1) is 17.8 Å². The third-order valence-corrected chi connectivity index (χ3v) is 2.82. The Balaban J connectivity index is 2.61. The van der Waals surface area contributed by atoms with Gasteiger partial charge >= 0.3 is 0 Å². The summed E-state index contributed by atoms with van der Waals surface area (Å²) >= 11 is 6.20. The molecule has 0 aliphatic carbocycles. The molecule has 0 fully saturated rings. The van der Waals surface area contributed by atoms with E-state index >= 15 is 0 Å². The van der Waals surface area contributed by atoms with Gasteiger partial charge in [-0.1, -0.05) is 11.6 Å². The average Bonchev–Trinajstić information content (AvgIpc) is 2.30. The smallest absolute Gasteiger partial charge is 0.135 e. The molecule has 0 unspecified atom stereocenters. The molecule has 0 amide bonds. The van der Waals surface area contributed by atoms with Crippen LogP contribution >= 0.6 is 11.6 Å². The van der Waals surface area contributed by atoms with Gasteiger partial charge in [-0.2, -0.15) is 0 Å². The second-order valence-corrected chi connectivity index (χ2v) is 3.97. The predicted octanol–water partition coefficient (Wildman–Crippen LogP) is 2.70. The highest BCUT2D eigenvalue weighted by atomic mass is 35.5. The summed E-state index contributed by atoms with van der Waals surface area (Å²) in [7, 11) is 1.59. The molecule has 1 heterocycles. The van der Waals surface area contributed by atoms with Crippen LogP contribution in [-0.4, -0.2) is 17.1 Å². The maximum atomic E-state index is 6.20. The number of benzene rings is 1. The Bertz CT molecular complexity index is 537. The average molecular weight is 250 g/mol. The van der Waals surface area contributed by atoms with E-state index in [9.17, 15) is 0 Å². The third-order valence-electron chi connectivity index (χ3n) is 2.51. The minimum absolute atomic E-state index is 0.421. The highest BCUT2D eigenvalue weighted by Gasteiger charge is 2.12. The number of hydrogen-bond acceptors (Lipinski definition) is 4. The molecule has 2 N–H and O–H groups in total. The van der Waals surface area contributed by atoms with Crippen molar-refractivity contribution < 1.29 is 4.74 Å². The van der Waals surface area contributed by atoms with Crippen molar-refractivity contribution in [3.8, 4) is 16.9 Å². The molecule has 1 aromatic carbocycles. The Hall–Kier alpha value is -1.81. The van der Waals surface area contributed by atoms with Crippen LogP contribution in [0.1, 0.15) is 5.69 Å². The summed E-state index contributed by atoms with van der Waals surface area (Å²) in [5.74, 6) is 1.12. The molecule has 2 rings (SSSR count). The van der Waals surface area contributed by atoms with Crippen molar-refractivity contribution in [2.75, 3.05) is 12.8 Å². The van der Waals surface area contributed by atoms with Crippen molar-refractivity contribution in [1.29, 1.82) is 0 Å². The van der Waals surface area contributed by atoms with Crippen molar-refractivity contribution in [3.05, 3.63) is 35.2 Å². The van der Waals surface area contributed by atoms with Crippen molar-refractivity contribution in [1.82, 2.24) is 9.97 Å². The van der Waals surface area contributed by atoms with Gasteiger partial charge in [-0.3, -0.25) is 0 Å². The van der Waals surface area contributed by atoms with Gasteiger partial charge in [0.2, 0.25) is 0 Å². The lowest BCUT2D eigenvalue weighted by molar-refractivity contribution is 0.415. The molecule has 2 aromatic rings. The van der Waals surface area contributed by atoms with Gasteiger partial charge in [0.15, 0.2) is 0 Å². The zero-order valence-electron chi connectivity index (χ0n) is 9.57. The van der Waals surface area contributed by atoms with Crippen LogP contribution in [0.2, 0.25) is 5.02 Å². The van der Waals surface area contributed by atoms with Gasteiger partial charge in [-0.15, -0.1) is 0 Å². The van der Waals surface area contributed by atoms with Gasteiger partial charge in [0.1, 0.15) is 17.9 Å². The lowest BCUT2D eigenvalue weighted by atomic mass is 10.0. The molecule has 5 heteroatoms. The SMILES string of the molecule is COc1ccc(-c2c(C)ncnc2N)c(Cl)c1. The zero-order chi connectivity index (χ0) is 12.4. The van der Waals surface area contributed by atoms with Gasteiger partial charge < -0.3 is 10.5 Å². The van der Waals surface area contributed by atoms with E-state index in [-0.39, 0.29) is 0 Å². The first-order chi connectivity index (χ1) is 8.13. The van der Waals surface area contributed by atoms with Gasteiger partial charge in [-0.05, 0) is 25.1 Å². The quantitative estimate of drug-likeness (QED) is 0.889. The number of hydrogen-bond donors (Lipinski definition) is 1. The fourth-order valence-electron chi connectivity index (χ4n) is 1.65. The van der Waals surface area contributed by atoms with Gasteiger partial charge in [0, 0.05) is 11.1 Å². The Morgan fingerprint density at radius 3 is 2.65 bits per heavy atom. The van der Waals surface area contributed by atoms with E-state index in [0.29, 0.717) is 16.6 Å². The Morgan fingerprint density at radius 2 is 2.06 bits per heavy atom. The van der Waals surface area contributed by atoms with E-state index in [1.54, 1.807) is 13.2 Å². The summed E-state index contributed by atoms with van der Waals surface area (Å²) in [6, 6.07) is 5.42. The molecule has 0 radical (unpaired) electrons. The Morgan fingerprint density at radius 1 is 1.29 bits per heavy atom. The molecule has 1 aromatic heterocycles. The summed E-state index contributed by atoms with van der Waals surface area (Å²) in [6.45, 7) is 1.87. The highest BCUT2D eigenvalue weighted by Crippen LogP contribution is 2.34. The van der Waals surface area contributed by atoms with Crippen molar-refractivity contribution in [2.24, 2.45) is 0 Å². The normalized spacial score (nSPS) is 10.3. The maximum absolute atomic E-state index is 6.20. The van der Waals surface area contributed by atoms with Crippen LogP contribution in [0.25, 0.3) is 11.1 Å². The minimum Gasteiger partial charge on any atom is -0.497 e. The number of nitrogen functional groups attached to an aromatic ring is 1. The summed E-state index contributed by atoms with van der Waals surface area (Å²) in [6.07, 6.45) is 1.44. The van der Waals surface area contributed by atoms with Crippen LogP contribution in [0.4, 0.5) is 5.82 Å². The molecule has 88 valence electrons. The van der Waals surface area contributed by atoms with Crippen molar-refractivity contribution in [2.45, 2.75) is 6.92 Å². The molecular formula is C12H12ClN3O. The van der Waals surface area contributed by atoms with E-state index in [1.165, 1.54) is 6.33 Å². The zero-order valence-corrected chi connectivity index (χ0v) is 10.3. The molecule has 17 heavy (non-hydrogen) atoms. The van der Waals surface area contributed by atoms with Gasteiger partial charge in [0.25, 0.3) is 0 Å². The van der Waals surface area contributed by atoms with E-state index in [0.717, 1.165) is 16.8 Å². The predicted molar refractivity (Wildman–Crippen MR) is 68.2 cm³/mol. The largest absolute Gasteiger partial charge is 0.497 e. The van der Waals surface area contributed by atoms with Crippen LogP contribution in [-0.2, 0) is 0 Å². The molecule has 0 spiro atoms. The maximum Gasteiger partial charge on any atom is 0.135 e. The molecule has 0 saturated carbocycles. The summed E-state index contributed by atoms with van der Waals surface area (Å²) in [5.41, 5.74) is 8.22. The Kier molecular flexibility index (Phi) is 3.15. The number of halogens is 1. The van der Waals surface area contributed by atoms with Crippen LogP contribution in [0, 0.1) is 6.92 Å². The summed E-state index contributed by atoms with van der Waals surface area (Å²) in [5, 5.41) is 0.564. The molecule has 0 saturated heterocycles. The molecular weight excluding hydrogens is 238 g/mol. The molecule has 0 atom stereocenters. The highest BCUT2D eigenvalue weighted by molar-refractivity contribution is 6.33. The number of aryl methyl sites for hydroxylation is 1. The fourth-order valence-corrected chi connectivity index (χ4v) is 1.92. The standard InChI is InChI=1S/C12H12ClN3O/c1-7-11(12(14)16-6-15-7)9-4-3-8(17-2)5-10(9)13/h3-6H,1-2H3,(H2,14,15,16). The molecule has 4 nitrogen and oxygen atoms in total. The first kappa shape index (κ1) is 11.7. The van der Waals surface area contributed by atoms with Crippen LogP contribution in [0.3, 0.4) is 0 Å². The van der Waals surface area contributed by atoms with E-state index in [2.05, 4.69) is 9.97 Å². The third kappa shape index (κ3) is 2.17. The van der Waals surface area contributed by atoms with E-state index < -0.39 is 0 Å². The summed E-state index contributed by atoms with van der Waals surface area (Å²) < 4.78 is 5.10. The molecule has 0 aliphatic heterocycles. The number of aromatic nitrogens is 2. The fraction of sp³-hybridized carbons (Fsp3) is 0.167. The monoisotopic (exact) mass is 249 g/mol. The molecule has 0 aliphatic rings. The lowest BCUT2D eigenvalue weighted by Crippen LogP contribution is -1.99. The number of anilines is 1. The van der Waals surface area contributed by atoms with Gasteiger partial charge in [-0.25, -0.2) is 9.97 Å². The van der Waals surface area contributed by atoms with Crippen molar-refractivity contribution in [3.63, 3.8) is 0 Å². The minimum atomic E-state index is 0.421. The van der Waals surface area contributed by atoms with E-state index in [4.69, 9.17) is 22.1 Å². The first-order valence-electron chi connectivity index (χ1n) is 5.04. The van der Waals surface area contributed by atoms with Crippen LogP contribution < -0.4 is 10.5 Å². The number of rotatable bonds is 2. The second kappa shape index (κ2) is 4.59. The number of nitrogens with zero attached hydrogens (tertiary/aromatic N) is 2. The topological polar surface area (TPSA) is 61.0 Å².